The van der Waals surface area contributed by atoms with Gasteiger partial charge in [0.05, 0.1) is 18.0 Å². The molecule has 2 fully saturated rings. The highest BCUT2D eigenvalue weighted by atomic mass is 19.4. The van der Waals surface area contributed by atoms with Crippen LogP contribution in [0.25, 0.3) is 0 Å². The molecule has 0 radical (unpaired) electrons. The highest BCUT2D eigenvalue weighted by molar-refractivity contribution is 5.80. The number of hydrogen-bond acceptors (Lipinski definition) is 5. The van der Waals surface area contributed by atoms with E-state index in [1.165, 1.54) is 12.3 Å². The zero-order valence-electron chi connectivity index (χ0n) is 17.4. The van der Waals surface area contributed by atoms with Crippen molar-refractivity contribution in [2.24, 2.45) is 5.92 Å². The van der Waals surface area contributed by atoms with Gasteiger partial charge in [0, 0.05) is 59.6 Å². The molecule has 1 unspecified atom stereocenters. The molecule has 1 aromatic heterocycles. The van der Waals surface area contributed by atoms with Crippen molar-refractivity contribution in [3.05, 3.63) is 23.9 Å². The molecule has 1 atom stereocenters. The summed E-state index contributed by atoms with van der Waals surface area (Å²) < 4.78 is 40.1. The number of halogens is 3. The second kappa shape index (κ2) is 9.20. The Kier molecular flexibility index (Phi) is 6.84. The van der Waals surface area contributed by atoms with Crippen molar-refractivity contribution >= 4 is 17.6 Å². The van der Waals surface area contributed by atoms with E-state index in [0.29, 0.717) is 52.1 Å². The minimum absolute atomic E-state index is 0.0218. The Bertz CT molecular complexity index is 763. The lowest BCUT2D eigenvalue weighted by Gasteiger charge is -2.39. The predicted octanol–water partition coefficient (Wildman–Crippen LogP) is 1.55. The third kappa shape index (κ3) is 5.21. The lowest BCUT2D eigenvalue weighted by molar-refractivity contribution is -0.138. The maximum Gasteiger partial charge on any atom is 0.419 e. The monoisotopic (exact) mass is 427 g/mol. The summed E-state index contributed by atoms with van der Waals surface area (Å²) in [4.78, 5) is 35.7. The van der Waals surface area contributed by atoms with Gasteiger partial charge >= 0.3 is 6.18 Å². The molecule has 2 amide bonds. The van der Waals surface area contributed by atoms with Gasteiger partial charge in [-0.2, -0.15) is 13.2 Å². The summed E-state index contributed by atoms with van der Waals surface area (Å²) >= 11 is 0. The summed E-state index contributed by atoms with van der Waals surface area (Å²) in [5.74, 6) is -0.456. The van der Waals surface area contributed by atoms with Crippen LogP contribution in [-0.4, -0.2) is 91.4 Å². The van der Waals surface area contributed by atoms with E-state index in [1.54, 1.807) is 28.8 Å². The zero-order valence-corrected chi connectivity index (χ0v) is 17.4. The first-order chi connectivity index (χ1) is 14.2. The molecule has 10 heteroatoms. The molecule has 0 spiro atoms. The highest BCUT2D eigenvalue weighted by Crippen LogP contribution is 2.36. The average Bonchev–Trinajstić information content (AvgIpc) is 2.73. The van der Waals surface area contributed by atoms with E-state index in [0.717, 1.165) is 6.07 Å². The number of carbonyl (C=O) groups is 2. The molecular formula is C20H28F3N5O2. The van der Waals surface area contributed by atoms with Gasteiger partial charge in [-0.05, 0) is 25.0 Å². The van der Waals surface area contributed by atoms with E-state index in [-0.39, 0.29) is 30.1 Å². The number of carbonyl (C=O) groups excluding carboxylic acids is 2. The number of piperazine rings is 1. The lowest BCUT2D eigenvalue weighted by Crippen LogP contribution is -2.54. The third-order valence-corrected chi connectivity index (χ3v) is 5.70. The number of hydrogen-bond donors (Lipinski definition) is 0. The summed E-state index contributed by atoms with van der Waals surface area (Å²) in [6.07, 6.45) is -1.84. The Hall–Kier alpha value is -2.36. The number of anilines is 1. The van der Waals surface area contributed by atoms with Crippen molar-refractivity contribution in [1.29, 1.82) is 0 Å². The SMILES string of the molecule is CN(C)C(=O)CN1CCN(C(=O)C2CCCN(c3ncccc3C(F)(F)F)C2)CC1. The van der Waals surface area contributed by atoms with E-state index >= 15 is 0 Å². The van der Waals surface area contributed by atoms with Gasteiger partial charge in [-0.15, -0.1) is 0 Å². The average molecular weight is 427 g/mol. The van der Waals surface area contributed by atoms with Crippen LogP contribution in [0.15, 0.2) is 18.3 Å². The first kappa shape index (κ1) is 22.3. The molecule has 30 heavy (non-hydrogen) atoms. The summed E-state index contributed by atoms with van der Waals surface area (Å²) in [6, 6.07) is 2.31. The van der Waals surface area contributed by atoms with Crippen LogP contribution in [0.3, 0.4) is 0 Å². The second-order valence-corrected chi connectivity index (χ2v) is 8.05. The smallest absolute Gasteiger partial charge is 0.355 e. The van der Waals surface area contributed by atoms with Gasteiger partial charge in [-0.25, -0.2) is 4.98 Å². The molecule has 0 bridgehead atoms. The molecule has 2 aliphatic heterocycles. The lowest BCUT2D eigenvalue weighted by atomic mass is 9.95. The third-order valence-electron chi connectivity index (χ3n) is 5.70. The fourth-order valence-electron chi connectivity index (χ4n) is 3.96. The quantitative estimate of drug-likeness (QED) is 0.730. The van der Waals surface area contributed by atoms with Crippen LogP contribution in [0.1, 0.15) is 18.4 Å². The second-order valence-electron chi connectivity index (χ2n) is 8.05. The van der Waals surface area contributed by atoms with Gasteiger partial charge in [0.1, 0.15) is 5.82 Å². The van der Waals surface area contributed by atoms with Crippen LogP contribution < -0.4 is 4.90 Å². The van der Waals surface area contributed by atoms with E-state index in [2.05, 4.69) is 4.98 Å². The van der Waals surface area contributed by atoms with Gasteiger partial charge < -0.3 is 14.7 Å². The summed E-state index contributed by atoms with van der Waals surface area (Å²) in [6.45, 7) is 3.27. The molecule has 0 aliphatic carbocycles. The molecule has 166 valence electrons. The molecule has 2 aliphatic rings. The van der Waals surface area contributed by atoms with Gasteiger partial charge in [0.15, 0.2) is 0 Å². The van der Waals surface area contributed by atoms with E-state index < -0.39 is 11.7 Å². The van der Waals surface area contributed by atoms with Crippen LogP contribution >= 0.6 is 0 Å². The maximum atomic E-state index is 13.4. The number of pyridine rings is 1. The molecule has 7 nitrogen and oxygen atoms in total. The Morgan fingerprint density at radius 3 is 2.50 bits per heavy atom. The van der Waals surface area contributed by atoms with Crippen molar-refractivity contribution < 1.29 is 22.8 Å². The van der Waals surface area contributed by atoms with Crippen LogP contribution in [0, 0.1) is 5.92 Å². The van der Waals surface area contributed by atoms with Crippen molar-refractivity contribution in [1.82, 2.24) is 19.7 Å². The Morgan fingerprint density at radius 1 is 1.17 bits per heavy atom. The topological polar surface area (TPSA) is 60.0 Å². The number of piperidine rings is 1. The summed E-state index contributed by atoms with van der Waals surface area (Å²) in [5.41, 5.74) is -0.766. The standard InChI is InChI=1S/C20H28F3N5O2/c1-25(2)17(29)14-26-9-11-27(12-10-26)19(30)15-5-4-8-28(13-15)18-16(20(21,22)23)6-3-7-24-18/h3,6-7,15H,4-5,8-14H2,1-2H3. The van der Waals surface area contributed by atoms with Gasteiger partial charge in [0.25, 0.3) is 0 Å². The van der Waals surface area contributed by atoms with Crippen LogP contribution in [-0.2, 0) is 15.8 Å². The predicted molar refractivity (Wildman–Crippen MR) is 106 cm³/mol. The Morgan fingerprint density at radius 2 is 1.87 bits per heavy atom. The number of aromatic nitrogens is 1. The molecular weight excluding hydrogens is 399 g/mol. The van der Waals surface area contributed by atoms with E-state index in [1.807, 2.05) is 4.90 Å². The van der Waals surface area contributed by atoms with Crippen LogP contribution in [0.4, 0.5) is 19.0 Å². The Labute approximate surface area is 174 Å². The van der Waals surface area contributed by atoms with Crippen LogP contribution in [0.5, 0.6) is 0 Å². The van der Waals surface area contributed by atoms with Gasteiger partial charge in [0.2, 0.25) is 11.8 Å². The zero-order chi connectivity index (χ0) is 21.9. The van der Waals surface area contributed by atoms with Crippen molar-refractivity contribution in [3.8, 4) is 0 Å². The number of rotatable bonds is 4. The number of amides is 2. The van der Waals surface area contributed by atoms with Crippen molar-refractivity contribution in [2.45, 2.75) is 19.0 Å². The summed E-state index contributed by atoms with van der Waals surface area (Å²) in [5, 5.41) is 0. The Balaban J connectivity index is 1.60. The van der Waals surface area contributed by atoms with Gasteiger partial charge in [-0.1, -0.05) is 0 Å². The van der Waals surface area contributed by atoms with E-state index in [9.17, 15) is 22.8 Å². The number of nitrogens with zero attached hydrogens (tertiary/aromatic N) is 5. The van der Waals surface area contributed by atoms with Crippen LogP contribution in [0.2, 0.25) is 0 Å². The fourth-order valence-corrected chi connectivity index (χ4v) is 3.96. The molecule has 0 N–H and O–H groups in total. The first-order valence-electron chi connectivity index (χ1n) is 10.1. The maximum absolute atomic E-state index is 13.4. The molecule has 3 heterocycles. The van der Waals surface area contributed by atoms with Crippen molar-refractivity contribution in [3.63, 3.8) is 0 Å². The number of likely N-dealkylation sites (N-methyl/N-ethyl adjacent to an activating group) is 1. The molecule has 0 saturated carbocycles. The fraction of sp³-hybridized carbons (Fsp3) is 0.650. The highest BCUT2D eigenvalue weighted by Gasteiger charge is 2.38. The van der Waals surface area contributed by atoms with Gasteiger partial charge in [-0.3, -0.25) is 14.5 Å². The first-order valence-corrected chi connectivity index (χ1v) is 10.1. The minimum Gasteiger partial charge on any atom is -0.355 e. The minimum atomic E-state index is -4.49. The summed E-state index contributed by atoms with van der Waals surface area (Å²) in [7, 11) is 3.42. The molecule has 2 saturated heterocycles. The normalized spacial score (nSPS) is 20.9. The largest absolute Gasteiger partial charge is 0.419 e. The molecule has 3 rings (SSSR count). The molecule has 0 aromatic carbocycles. The van der Waals surface area contributed by atoms with E-state index in [4.69, 9.17) is 0 Å². The van der Waals surface area contributed by atoms with Crippen molar-refractivity contribution in [2.75, 3.05) is 64.8 Å². The number of alkyl halides is 3. The molecule has 1 aromatic rings.